The molecule has 0 amide bonds. The summed E-state index contributed by atoms with van der Waals surface area (Å²) < 4.78 is 27.6. The molecule has 0 saturated heterocycles. The molecule has 0 fully saturated rings. The maximum Gasteiger partial charge on any atom is 0.277 e. The molecular formula is C12H14N4O3S. The first kappa shape index (κ1) is 14.1. The van der Waals surface area contributed by atoms with Crippen LogP contribution in [-0.4, -0.2) is 18.0 Å². The second kappa shape index (κ2) is 4.97. The van der Waals surface area contributed by atoms with Crippen LogP contribution in [0.1, 0.15) is 5.56 Å². The Kier molecular flexibility index (Phi) is 3.49. The first-order valence-corrected chi connectivity index (χ1v) is 7.20. The average Bonchev–Trinajstić information content (AvgIpc) is 2.40. The normalized spacial score (nSPS) is 11.3. The lowest BCUT2D eigenvalue weighted by molar-refractivity contribution is 0.600. The van der Waals surface area contributed by atoms with Gasteiger partial charge in [-0.05, 0) is 19.1 Å². The van der Waals surface area contributed by atoms with Crippen molar-refractivity contribution in [2.45, 2.75) is 11.8 Å². The van der Waals surface area contributed by atoms with Crippen LogP contribution < -0.4 is 16.0 Å². The number of nitrogens with one attached hydrogen (secondary N) is 1. The molecule has 0 radical (unpaired) electrons. The van der Waals surface area contributed by atoms with Gasteiger partial charge in [0.1, 0.15) is 5.69 Å². The molecule has 20 heavy (non-hydrogen) atoms. The second-order valence-corrected chi connectivity index (χ2v) is 6.00. The Morgan fingerprint density at radius 1 is 1.25 bits per heavy atom. The highest BCUT2D eigenvalue weighted by molar-refractivity contribution is 7.92. The van der Waals surface area contributed by atoms with Crippen molar-refractivity contribution in [3.05, 3.63) is 46.4 Å². The SMILES string of the molecule is Cc1ccc(S(=O)(=O)Nc2ncc(N)c(=O)n2C)cc1. The predicted molar refractivity (Wildman–Crippen MR) is 75.9 cm³/mol. The van der Waals surface area contributed by atoms with Crippen molar-refractivity contribution in [1.82, 2.24) is 9.55 Å². The summed E-state index contributed by atoms with van der Waals surface area (Å²) in [5, 5.41) is 0. The van der Waals surface area contributed by atoms with Crippen LogP contribution in [0.4, 0.5) is 11.6 Å². The van der Waals surface area contributed by atoms with Crippen molar-refractivity contribution in [2.75, 3.05) is 10.5 Å². The average molecular weight is 294 g/mol. The molecule has 0 aliphatic heterocycles. The first-order chi connectivity index (χ1) is 9.31. The van der Waals surface area contributed by atoms with Crippen LogP contribution in [0.25, 0.3) is 0 Å². The van der Waals surface area contributed by atoms with Gasteiger partial charge in [0, 0.05) is 7.05 Å². The van der Waals surface area contributed by atoms with E-state index in [1.807, 2.05) is 6.92 Å². The van der Waals surface area contributed by atoms with E-state index in [1.165, 1.54) is 19.2 Å². The van der Waals surface area contributed by atoms with Crippen LogP contribution in [0.5, 0.6) is 0 Å². The molecule has 0 atom stereocenters. The van der Waals surface area contributed by atoms with Gasteiger partial charge in [-0.2, -0.15) is 0 Å². The van der Waals surface area contributed by atoms with Crippen molar-refractivity contribution < 1.29 is 8.42 Å². The van der Waals surface area contributed by atoms with E-state index in [2.05, 4.69) is 9.71 Å². The van der Waals surface area contributed by atoms with Crippen LogP contribution in [0, 0.1) is 6.92 Å². The standard InChI is InChI=1S/C12H14N4O3S/c1-8-3-5-9(6-4-8)20(18,19)15-12-14-7-10(13)11(17)16(12)2/h3-7H,13H2,1-2H3,(H,14,15). The van der Waals surface area contributed by atoms with E-state index < -0.39 is 15.6 Å². The highest BCUT2D eigenvalue weighted by atomic mass is 32.2. The van der Waals surface area contributed by atoms with Crippen LogP contribution in [0.15, 0.2) is 40.2 Å². The van der Waals surface area contributed by atoms with E-state index in [9.17, 15) is 13.2 Å². The fourth-order valence-electron chi connectivity index (χ4n) is 1.55. The third kappa shape index (κ3) is 2.64. The minimum Gasteiger partial charge on any atom is -0.393 e. The number of benzene rings is 1. The minimum atomic E-state index is -3.80. The van der Waals surface area contributed by atoms with Gasteiger partial charge in [0.15, 0.2) is 0 Å². The molecule has 8 heteroatoms. The Morgan fingerprint density at radius 2 is 1.85 bits per heavy atom. The van der Waals surface area contributed by atoms with Crippen LogP contribution in [-0.2, 0) is 17.1 Å². The number of hydrogen-bond acceptors (Lipinski definition) is 5. The molecule has 0 saturated carbocycles. The van der Waals surface area contributed by atoms with Gasteiger partial charge in [0.05, 0.1) is 11.1 Å². The Balaban J connectivity index is 2.41. The topological polar surface area (TPSA) is 107 Å². The highest BCUT2D eigenvalue weighted by Crippen LogP contribution is 2.14. The summed E-state index contributed by atoms with van der Waals surface area (Å²) in [6, 6.07) is 6.33. The number of aryl methyl sites for hydroxylation is 1. The summed E-state index contributed by atoms with van der Waals surface area (Å²) in [6.07, 6.45) is 1.12. The van der Waals surface area contributed by atoms with E-state index in [0.29, 0.717) is 0 Å². The molecule has 7 nitrogen and oxygen atoms in total. The molecule has 0 aliphatic carbocycles. The molecule has 1 aromatic heterocycles. The number of hydrogen-bond donors (Lipinski definition) is 2. The number of nitrogen functional groups attached to an aromatic ring is 1. The van der Waals surface area contributed by atoms with Crippen molar-refractivity contribution in [3.8, 4) is 0 Å². The number of nitrogens with zero attached hydrogens (tertiary/aromatic N) is 2. The number of anilines is 2. The second-order valence-electron chi connectivity index (χ2n) is 4.32. The van der Waals surface area contributed by atoms with Crippen LogP contribution in [0.2, 0.25) is 0 Å². The summed E-state index contributed by atoms with van der Waals surface area (Å²) in [7, 11) is -2.41. The van der Waals surface area contributed by atoms with E-state index in [-0.39, 0.29) is 16.5 Å². The fraction of sp³-hybridized carbons (Fsp3) is 0.167. The molecular weight excluding hydrogens is 280 g/mol. The molecule has 2 rings (SSSR count). The Morgan fingerprint density at radius 3 is 2.45 bits per heavy atom. The largest absolute Gasteiger partial charge is 0.393 e. The van der Waals surface area contributed by atoms with Gasteiger partial charge in [0.25, 0.3) is 15.6 Å². The third-order valence-electron chi connectivity index (χ3n) is 2.75. The number of nitrogens with two attached hydrogens (primary N) is 1. The zero-order valence-electron chi connectivity index (χ0n) is 11.0. The smallest absolute Gasteiger partial charge is 0.277 e. The molecule has 0 spiro atoms. The molecule has 1 heterocycles. The highest BCUT2D eigenvalue weighted by Gasteiger charge is 2.16. The van der Waals surface area contributed by atoms with Crippen LogP contribution >= 0.6 is 0 Å². The van der Waals surface area contributed by atoms with Crippen molar-refractivity contribution in [2.24, 2.45) is 7.05 Å². The molecule has 3 N–H and O–H groups in total. The summed E-state index contributed by atoms with van der Waals surface area (Å²) in [5.74, 6) is -0.0928. The third-order valence-corrected chi connectivity index (χ3v) is 4.10. The molecule has 1 aromatic carbocycles. The Bertz CT molecular complexity index is 794. The minimum absolute atomic E-state index is 0.0502. The Hall–Kier alpha value is -2.35. The van der Waals surface area contributed by atoms with Crippen molar-refractivity contribution in [3.63, 3.8) is 0 Å². The first-order valence-electron chi connectivity index (χ1n) is 5.72. The Labute approximate surface area is 116 Å². The van der Waals surface area contributed by atoms with E-state index in [0.717, 1.165) is 16.3 Å². The molecule has 0 unspecified atom stereocenters. The summed E-state index contributed by atoms with van der Waals surface area (Å²) in [5.41, 5.74) is 5.79. The van der Waals surface area contributed by atoms with Gasteiger partial charge in [-0.15, -0.1) is 0 Å². The zero-order valence-corrected chi connectivity index (χ0v) is 11.8. The van der Waals surface area contributed by atoms with Gasteiger partial charge < -0.3 is 5.73 Å². The van der Waals surface area contributed by atoms with E-state index in [1.54, 1.807) is 12.1 Å². The zero-order chi connectivity index (χ0) is 14.9. The lowest BCUT2D eigenvalue weighted by Crippen LogP contribution is -2.26. The molecule has 0 bridgehead atoms. The van der Waals surface area contributed by atoms with Gasteiger partial charge in [-0.3, -0.25) is 9.36 Å². The number of sulfonamides is 1. The lowest BCUT2D eigenvalue weighted by Gasteiger charge is -2.11. The van der Waals surface area contributed by atoms with E-state index in [4.69, 9.17) is 5.73 Å². The fourth-order valence-corrected chi connectivity index (χ4v) is 2.60. The van der Waals surface area contributed by atoms with E-state index >= 15 is 0 Å². The van der Waals surface area contributed by atoms with Crippen LogP contribution in [0.3, 0.4) is 0 Å². The lowest BCUT2D eigenvalue weighted by atomic mass is 10.2. The monoisotopic (exact) mass is 294 g/mol. The van der Waals surface area contributed by atoms with Gasteiger partial charge in [-0.1, -0.05) is 17.7 Å². The number of rotatable bonds is 3. The number of aromatic nitrogens is 2. The molecule has 0 aliphatic rings. The molecule has 106 valence electrons. The van der Waals surface area contributed by atoms with Crippen molar-refractivity contribution >= 4 is 21.7 Å². The maximum absolute atomic E-state index is 12.2. The van der Waals surface area contributed by atoms with Crippen molar-refractivity contribution in [1.29, 1.82) is 0 Å². The summed E-state index contributed by atoms with van der Waals surface area (Å²) >= 11 is 0. The quantitative estimate of drug-likeness (QED) is 0.855. The summed E-state index contributed by atoms with van der Waals surface area (Å²) in [6.45, 7) is 1.86. The van der Waals surface area contributed by atoms with Gasteiger partial charge in [0.2, 0.25) is 5.95 Å². The van der Waals surface area contributed by atoms with Gasteiger partial charge >= 0.3 is 0 Å². The van der Waals surface area contributed by atoms with Gasteiger partial charge in [-0.25, -0.2) is 18.1 Å². The predicted octanol–water partition coefficient (Wildman–Crippen LogP) is 0.472. The maximum atomic E-state index is 12.2. The molecule has 2 aromatic rings. The summed E-state index contributed by atoms with van der Waals surface area (Å²) in [4.78, 5) is 15.5.